The third kappa shape index (κ3) is 6.93. The Hall–Kier alpha value is -3.68. The van der Waals surface area contributed by atoms with E-state index in [4.69, 9.17) is 14.9 Å². The maximum atomic E-state index is 11.7. The fraction of sp³-hybridized carbons (Fsp3) is 0.241. The zero-order valence-electron chi connectivity index (χ0n) is 20.6. The van der Waals surface area contributed by atoms with E-state index in [2.05, 4.69) is 60.5 Å². The molecule has 0 atom stereocenters. The number of aryl methyl sites for hydroxylation is 2. The van der Waals surface area contributed by atoms with E-state index in [1.807, 2.05) is 24.3 Å². The van der Waals surface area contributed by atoms with Gasteiger partial charge in [-0.3, -0.25) is 10.0 Å². The van der Waals surface area contributed by atoms with Gasteiger partial charge in [0.15, 0.2) is 5.13 Å². The number of carbonyl (C=O) groups excluding carboxylic acids is 1. The molecule has 0 aliphatic rings. The first-order chi connectivity index (χ1) is 17.5. The van der Waals surface area contributed by atoms with E-state index in [1.165, 1.54) is 11.1 Å². The smallest absolute Gasteiger partial charge is 0.274 e. The first-order valence-electron chi connectivity index (χ1n) is 12.0. The molecule has 1 amide bonds. The van der Waals surface area contributed by atoms with Crippen LogP contribution in [0.4, 0.5) is 5.13 Å². The van der Waals surface area contributed by atoms with E-state index in [9.17, 15) is 4.79 Å². The molecule has 36 heavy (non-hydrogen) atoms. The van der Waals surface area contributed by atoms with Gasteiger partial charge in [-0.2, -0.15) is 0 Å². The molecule has 0 saturated carbocycles. The predicted octanol–water partition coefficient (Wildman–Crippen LogP) is 6.41. The van der Waals surface area contributed by atoms with E-state index in [0.717, 1.165) is 47.1 Å². The van der Waals surface area contributed by atoms with E-state index in [-0.39, 0.29) is 0 Å². The van der Waals surface area contributed by atoms with Crippen molar-refractivity contribution in [2.75, 3.05) is 18.1 Å². The molecular formula is C29H31N3O3S. The van der Waals surface area contributed by atoms with Crippen molar-refractivity contribution in [3.63, 3.8) is 0 Å². The summed E-state index contributed by atoms with van der Waals surface area (Å²) < 4.78 is 5.89. The highest BCUT2D eigenvalue weighted by Gasteiger charge is 2.14. The van der Waals surface area contributed by atoms with Crippen LogP contribution >= 0.6 is 11.3 Å². The lowest BCUT2D eigenvalue weighted by molar-refractivity contribution is 0.0706. The standard InChI is InChI=1S/C29H31N3O3S/c1-21-5-11-24(12-6-21)27-20-36-29(30-27)32(19-23-9-13-25(14-10-23)28(33)31-34)17-3-4-18-35-26-15-7-22(2)8-16-26/h5-16,20,34H,3-4,17-19H2,1-2H3,(H,31,33). The molecule has 1 aromatic heterocycles. The van der Waals surface area contributed by atoms with E-state index < -0.39 is 5.91 Å². The molecule has 0 spiro atoms. The van der Waals surface area contributed by atoms with Crippen molar-refractivity contribution in [3.8, 4) is 17.0 Å². The second-order valence-electron chi connectivity index (χ2n) is 8.81. The number of benzene rings is 3. The van der Waals surface area contributed by atoms with Gasteiger partial charge in [-0.1, -0.05) is 59.7 Å². The second kappa shape index (κ2) is 12.3. The van der Waals surface area contributed by atoms with Gasteiger partial charge in [0.1, 0.15) is 5.75 Å². The van der Waals surface area contributed by atoms with Gasteiger partial charge in [0.2, 0.25) is 0 Å². The van der Waals surface area contributed by atoms with Crippen molar-refractivity contribution in [1.29, 1.82) is 0 Å². The lowest BCUT2D eigenvalue weighted by atomic mass is 10.1. The van der Waals surface area contributed by atoms with Crippen molar-refractivity contribution < 1.29 is 14.7 Å². The summed E-state index contributed by atoms with van der Waals surface area (Å²) in [6, 6.07) is 23.8. The zero-order valence-corrected chi connectivity index (χ0v) is 21.4. The Morgan fingerprint density at radius 1 is 0.944 bits per heavy atom. The normalized spacial score (nSPS) is 10.8. The molecular weight excluding hydrogens is 470 g/mol. The van der Waals surface area contributed by atoms with Gasteiger partial charge in [-0.15, -0.1) is 11.3 Å². The molecule has 4 aromatic rings. The lowest BCUT2D eigenvalue weighted by Gasteiger charge is -2.22. The fourth-order valence-electron chi connectivity index (χ4n) is 3.78. The van der Waals surface area contributed by atoms with Crippen molar-refractivity contribution in [3.05, 3.63) is 100 Å². The van der Waals surface area contributed by atoms with Crippen LogP contribution in [0, 0.1) is 13.8 Å². The highest BCUT2D eigenvalue weighted by atomic mass is 32.1. The highest BCUT2D eigenvalue weighted by Crippen LogP contribution is 2.29. The summed E-state index contributed by atoms with van der Waals surface area (Å²) in [5, 5.41) is 11.9. The number of hydrogen-bond donors (Lipinski definition) is 2. The molecule has 0 unspecified atom stereocenters. The minimum absolute atomic E-state index is 0.414. The molecule has 0 aliphatic heterocycles. The molecule has 0 fully saturated rings. The minimum Gasteiger partial charge on any atom is -0.494 e. The number of nitrogens with zero attached hydrogens (tertiary/aromatic N) is 2. The number of rotatable bonds is 11. The molecule has 2 N–H and O–H groups in total. The third-order valence-corrected chi connectivity index (χ3v) is 6.81. The minimum atomic E-state index is -0.519. The SMILES string of the molecule is Cc1ccc(OCCCCN(Cc2ccc(C(=O)NO)cc2)c2nc(-c3ccc(C)cc3)cs2)cc1. The molecule has 6 nitrogen and oxygen atoms in total. The molecule has 0 radical (unpaired) electrons. The van der Waals surface area contributed by atoms with Crippen LogP contribution < -0.4 is 15.1 Å². The van der Waals surface area contributed by atoms with Gasteiger partial charge < -0.3 is 9.64 Å². The quantitative estimate of drug-likeness (QED) is 0.141. The largest absolute Gasteiger partial charge is 0.494 e. The van der Waals surface area contributed by atoms with Gasteiger partial charge in [0.25, 0.3) is 5.91 Å². The Labute approximate surface area is 216 Å². The third-order valence-electron chi connectivity index (χ3n) is 5.91. The lowest BCUT2D eigenvalue weighted by Crippen LogP contribution is -2.24. The number of aromatic nitrogens is 1. The number of hydroxylamine groups is 1. The number of nitrogens with one attached hydrogen (secondary N) is 1. The molecule has 7 heteroatoms. The first kappa shape index (κ1) is 25.4. The summed E-state index contributed by atoms with van der Waals surface area (Å²) in [5.41, 5.74) is 7.67. The van der Waals surface area contributed by atoms with E-state index >= 15 is 0 Å². The van der Waals surface area contributed by atoms with Crippen LogP contribution in [0.5, 0.6) is 5.75 Å². The van der Waals surface area contributed by atoms with Crippen LogP contribution in [0.25, 0.3) is 11.3 Å². The number of hydrogen-bond acceptors (Lipinski definition) is 6. The summed E-state index contributed by atoms with van der Waals surface area (Å²) in [6.45, 7) is 6.30. The monoisotopic (exact) mass is 501 g/mol. The molecule has 0 saturated heterocycles. The van der Waals surface area contributed by atoms with Crippen LogP contribution in [0.1, 0.15) is 39.9 Å². The van der Waals surface area contributed by atoms with Crippen molar-refractivity contribution in [2.24, 2.45) is 0 Å². The second-order valence-corrected chi connectivity index (χ2v) is 9.65. The maximum absolute atomic E-state index is 11.7. The van der Waals surface area contributed by atoms with Gasteiger partial charge in [0, 0.05) is 29.6 Å². The first-order valence-corrected chi connectivity index (χ1v) is 12.9. The van der Waals surface area contributed by atoms with Crippen LogP contribution in [0.2, 0.25) is 0 Å². The van der Waals surface area contributed by atoms with Gasteiger partial charge >= 0.3 is 0 Å². The Bertz CT molecular complexity index is 1250. The van der Waals surface area contributed by atoms with Crippen LogP contribution in [0.15, 0.2) is 78.2 Å². The van der Waals surface area contributed by atoms with Gasteiger partial charge in [-0.25, -0.2) is 10.5 Å². The molecule has 4 rings (SSSR count). The summed E-state index contributed by atoms with van der Waals surface area (Å²) in [7, 11) is 0. The average Bonchev–Trinajstić information content (AvgIpc) is 3.39. The molecule has 3 aromatic carbocycles. The number of carbonyl (C=O) groups is 1. The van der Waals surface area contributed by atoms with Crippen molar-refractivity contribution in [2.45, 2.75) is 33.2 Å². The number of unbranched alkanes of at least 4 members (excludes halogenated alkanes) is 1. The number of thiazole rings is 1. The summed E-state index contributed by atoms with van der Waals surface area (Å²) in [4.78, 5) is 18.9. The molecule has 186 valence electrons. The van der Waals surface area contributed by atoms with E-state index in [1.54, 1.807) is 28.9 Å². The number of amides is 1. The van der Waals surface area contributed by atoms with E-state index in [0.29, 0.717) is 18.7 Å². The Balaban J connectivity index is 1.42. The number of anilines is 1. The summed E-state index contributed by atoms with van der Waals surface area (Å²) in [5.74, 6) is 0.377. The van der Waals surface area contributed by atoms with Gasteiger partial charge in [-0.05, 0) is 56.5 Å². The summed E-state index contributed by atoms with van der Waals surface area (Å²) in [6.07, 6.45) is 1.88. The van der Waals surface area contributed by atoms with Gasteiger partial charge in [0.05, 0.1) is 12.3 Å². The molecule has 0 aliphatic carbocycles. The summed E-state index contributed by atoms with van der Waals surface area (Å²) >= 11 is 1.64. The maximum Gasteiger partial charge on any atom is 0.274 e. The Kier molecular flexibility index (Phi) is 8.71. The fourth-order valence-corrected chi connectivity index (χ4v) is 4.65. The Morgan fingerprint density at radius 3 is 2.28 bits per heavy atom. The zero-order chi connectivity index (χ0) is 25.3. The van der Waals surface area contributed by atoms with Crippen molar-refractivity contribution >= 4 is 22.4 Å². The molecule has 1 heterocycles. The highest BCUT2D eigenvalue weighted by molar-refractivity contribution is 7.14. The number of ether oxygens (including phenoxy) is 1. The van der Waals surface area contributed by atoms with Crippen LogP contribution in [0.3, 0.4) is 0 Å². The van der Waals surface area contributed by atoms with Crippen LogP contribution in [-0.4, -0.2) is 29.3 Å². The predicted molar refractivity (Wildman–Crippen MR) is 145 cm³/mol. The molecule has 0 bridgehead atoms. The Morgan fingerprint density at radius 2 is 1.61 bits per heavy atom. The van der Waals surface area contributed by atoms with Crippen molar-refractivity contribution in [1.82, 2.24) is 10.5 Å². The average molecular weight is 502 g/mol. The van der Waals surface area contributed by atoms with Crippen LogP contribution in [-0.2, 0) is 6.54 Å². The topological polar surface area (TPSA) is 74.7 Å².